The largest absolute Gasteiger partial charge is 0.476 e. The maximum atomic E-state index is 13.3. The molecule has 24 heavy (non-hydrogen) atoms. The predicted octanol–water partition coefficient (Wildman–Crippen LogP) is 5.60. The number of hydrogen-bond acceptors (Lipinski definition) is 3. The molecule has 0 aromatic heterocycles. The average molecular weight is 332 g/mol. The number of ether oxygens (including phenoxy) is 1. The van der Waals surface area contributed by atoms with Crippen LogP contribution in [0.1, 0.15) is 64.6 Å². The zero-order valence-corrected chi connectivity index (χ0v) is 15.0. The summed E-state index contributed by atoms with van der Waals surface area (Å²) >= 11 is 0. The second kappa shape index (κ2) is 8.86. The molecule has 0 aliphatic heterocycles. The molecule has 1 aliphatic rings. The lowest BCUT2D eigenvalue weighted by molar-refractivity contribution is 0.0810. The van der Waals surface area contributed by atoms with Gasteiger partial charge in [-0.1, -0.05) is 32.4 Å². The van der Waals surface area contributed by atoms with Crippen molar-refractivity contribution in [2.75, 3.05) is 0 Å². The van der Waals surface area contributed by atoms with Crippen LogP contribution in [0, 0.1) is 5.92 Å². The van der Waals surface area contributed by atoms with Crippen molar-refractivity contribution < 1.29 is 9.13 Å². The molecule has 0 saturated heterocycles. The van der Waals surface area contributed by atoms with Crippen LogP contribution in [0.25, 0.3) is 0 Å². The number of benzene rings is 1. The van der Waals surface area contributed by atoms with E-state index in [2.05, 4.69) is 18.8 Å². The van der Waals surface area contributed by atoms with Crippen molar-refractivity contribution in [3.05, 3.63) is 41.8 Å². The fourth-order valence-corrected chi connectivity index (χ4v) is 2.85. The molecule has 0 radical (unpaired) electrons. The summed E-state index contributed by atoms with van der Waals surface area (Å²) in [5.41, 5.74) is 8.39. The van der Waals surface area contributed by atoms with Crippen LogP contribution in [0.5, 0.6) is 0 Å². The highest BCUT2D eigenvalue weighted by atomic mass is 19.1. The van der Waals surface area contributed by atoms with Crippen molar-refractivity contribution >= 4 is 11.4 Å². The number of alkyl halides is 1. The van der Waals surface area contributed by atoms with Crippen molar-refractivity contribution in [3.63, 3.8) is 0 Å². The number of rotatable bonds is 6. The van der Waals surface area contributed by atoms with Gasteiger partial charge in [0.1, 0.15) is 12.3 Å². The molecular weight excluding hydrogens is 303 g/mol. The Labute approximate surface area is 144 Å². The van der Waals surface area contributed by atoms with E-state index < -0.39 is 6.17 Å². The zero-order chi connectivity index (χ0) is 17.5. The van der Waals surface area contributed by atoms with Gasteiger partial charge in [0.15, 0.2) is 5.88 Å². The van der Waals surface area contributed by atoms with Gasteiger partial charge in [0.25, 0.3) is 0 Å². The molecule has 1 saturated carbocycles. The average Bonchev–Trinajstić information content (AvgIpc) is 2.55. The first-order valence-electron chi connectivity index (χ1n) is 8.92. The molecule has 0 bridgehead atoms. The standard InChI is InChI=1S/C20H29FN2O/c1-14(2)19(13-20(22)24-18-7-5-4-6-8-18)23-17-11-9-16(10-12-17)15(3)21/h9-15,18H,4-8,22H2,1-3H3/b20-13+,23-19?. The van der Waals surface area contributed by atoms with Gasteiger partial charge in [-0.15, -0.1) is 0 Å². The summed E-state index contributed by atoms with van der Waals surface area (Å²) in [6.45, 7) is 5.67. The second-order valence-electron chi connectivity index (χ2n) is 6.82. The van der Waals surface area contributed by atoms with E-state index in [1.54, 1.807) is 12.1 Å². The highest BCUT2D eigenvalue weighted by Gasteiger charge is 2.15. The van der Waals surface area contributed by atoms with Gasteiger partial charge in [0.05, 0.1) is 5.69 Å². The van der Waals surface area contributed by atoms with Crippen molar-refractivity contribution in [1.29, 1.82) is 0 Å². The third-order valence-corrected chi connectivity index (χ3v) is 4.35. The van der Waals surface area contributed by atoms with Crippen LogP contribution in [0.4, 0.5) is 10.1 Å². The summed E-state index contributed by atoms with van der Waals surface area (Å²) in [6, 6.07) is 7.21. The molecule has 4 heteroatoms. The first-order valence-corrected chi connectivity index (χ1v) is 8.92. The highest BCUT2D eigenvalue weighted by Crippen LogP contribution is 2.23. The maximum absolute atomic E-state index is 13.3. The molecule has 1 aliphatic carbocycles. The summed E-state index contributed by atoms with van der Waals surface area (Å²) in [5.74, 6) is 0.654. The Morgan fingerprint density at radius 2 is 1.79 bits per heavy atom. The van der Waals surface area contributed by atoms with Crippen molar-refractivity contribution in [2.24, 2.45) is 16.6 Å². The van der Waals surface area contributed by atoms with Crippen LogP contribution < -0.4 is 5.73 Å². The minimum atomic E-state index is -0.966. The summed E-state index contributed by atoms with van der Waals surface area (Å²) in [4.78, 5) is 4.65. The fraction of sp³-hybridized carbons (Fsp3) is 0.550. The van der Waals surface area contributed by atoms with E-state index in [0.29, 0.717) is 11.4 Å². The Morgan fingerprint density at radius 1 is 1.17 bits per heavy atom. The number of nitrogens with two attached hydrogens (primary N) is 1. The van der Waals surface area contributed by atoms with Gasteiger partial charge < -0.3 is 10.5 Å². The first-order chi connectivity index (χ1) is 11.5. The third-order valence-electron chi connectivity index (χ3n) is 4.35. The molecule has 1 aromatic carbocycles. The van der Waals surface area contributed by atoms with E-state index >= 15 is 0 Å². The molecule has 1 atom stereocenters. The maximum Gasteiger partial charge on any atom is 0.186 e. The van der Waals surface area contributed by atoms with Crippen LogP contribution in [-0.2, 0) is 4.74 Å². The minimum Gasteiger partial charge on any atom is -0.476 e. The Morgan fingerprint density at radius 3 is 2.33 bits per heavy atom. The molecule has 2 rings (SSSR count). The van der Waals surface area contributed by atoms with E-state index in [1.165, 1.54) is 26.2 Å². The number of nitrogens with zero attached hydrogens (tertiary/aromatic N) is 1. The van der Waals surface area contributed by atoms with Gasteiger partial charge in [0, 0.05) is 11.8 Å². The molecule has 3 nitrogen and oxygen atoms in total. The van der Waals surface area contributed by atoms with E-state index in [4.69, 9.17) is 10.5 Å². The molecule has 0 heterocycles. The highest BCUT2D eigenvalue weighted by molar-refractivity contribution is 5.98. The van der Waals surface area contributed by atoms with Gasteiger partial charge in [-0.25, -0.2) is 4.39 Å². The fourth-order valence-electron chi connectivity index (χ4n) is 2.85. The number of hydrogen-bond donors (Lipinski definition) is 1. The molecule has 1 fully saturated rings. The Hall–Kier alpha value is -1.84. The Kier molecular flexibility index (Phi) is 6.83. The summed E-state index contributed by atoms with van der Waals surface area (Å²) in [6.07, 6.45) is 6.95. The molecule has 2 N–H and O–H groups in total. The van der Waals surface area contributed by atoms with Gasteiger partial charge >= 0.3 is 0 Å². The molecule has 0 amide bonds. The molecule has 1 aromatic rings. The van der Waals surface area contributed by atoms with Crippen LogP contribution in [0.3, 0.4) is 0 Å². The van der Waals surface area contributed by atoms with Crippen LogP contribution in [-0.4, -0.2) is 11.8 Å². The van der Waals surface area contributed by atoms with Crippen LogP contribution in [0.2, 0.25) is 0 Å². The lowest BCUT2D eigenvalue weighted by Crippen LogP contribution is -2.20. The zero-order valence-electron chi connectivity index (χ0n) is 15.0. The number of halogens is 1. The van der Waals surface area contributed by atoms with Gasteiger partial charge in [0.2, 0.25) is 0 Å². The predicted molar refractivity (Wildman–Crippen MR) is 98.1 cm³/mol. The SMILES string of the molecule is CC(C)C(/C=C(\N)OC1CCCCC1)=Nc1ccc(C(C)F)cc1. The van der Waals surface area contributed by atoms with Gasteiger partial charge in [-0.3, -0.25) is 4.99 Å². The monoisotopic (exact) mass is 332 g/mol. The number of aliphatic imine (C=N–C) groups is 1. The molecule has 132 valence electrons. The van der Waals surface area contributed by atoms with E-state index in [9.17, 15) is 4.39 Å². The van der Waals surface area contributed by atoms with Crippen molar-refractivity contribution in [1.82, 2.24) is 0 Å². The topological polar surface area (TPSA) is 47.6 Å². The second-order valence-corrected chi connectivity index (χ2v) is 6.82. The van der Waals surface area contributed by atoms with E-state index in [0.717, 1.165) is 24.2 Å². The Bertz CT molecular complexity index is 570. The summed E-state index contributed by atoms with van der Waals surface area (Å²) in [5, 5.41) is 0. The van der Waals surface area contributed by atoms with Gasteiger partial charge in [-0.05, 0) is 56.2 Å². The quantitative estimate of drug-likeness (QED) is 0.545. The van der Waals surface area contributed by atoms with Crippen molar-refractivity contribution in [3.8, 4) is 0 Å². The number of allylic oxidation sites excluding steroid dienone is 1. The summed E-state index contributed by atoms with van der Waals surface area (Å²) in [7, 11) is 0. The van der Waals surface area contributed by atoms with E-state index in [1.807, 2.05) is 18.2 Å². The third kappa shape index (κ3) is 5.66. The minimum absolute atomic E-state index is 0.221. The lowest BCUT2D eigenvalue weighted by Gasteiger charge is -2.23. The van der Waals surface area contributed by atoms with E-state index in [-0.39, 0.29) is 12.0 Å². The lowest BCUT2D eigenvalue weighted by atomic mass is 9.98. The smallest absolute Gasteiger partial charge is 0.186 e. The molecular formula is C20H29FN2O. The van der Waals surface area contributed by atoms with Crippen LogP contribution >= 0.6 is 0 Å². The van der Waals surface area contributed by atoms with Gasteiger partial charge in [-0.2, -0.15) is 0 Å². The van der Waals surface area contributed by atoms with Crippen molar-refractivity contribution in [2.45, 2.75) is 65.2 Å². The molecule has 0 spiro atoms. The normalized spacial score (nSPS) is 18.7. The molecule has 1 unspecified atom stereocenters. The van der Waals surface area contributed by atoms with Crippen LogP contribution in [0.15, 0.2) is 41.2 Å². The first kappa shape index (κ1) is 18.5. The summed E-state index contributed by atoms with van der Waals surface area (Å²) < 4.78 is 19.1. The Balaban J connectivity index is 2.10.